The maximum atomic E-state index is 13.6. The van der Waals surface area contributed by atoms with Gasteiger partial charge in [-0.3, -0.25) is 19.2 Å². The lowest BCUT2D eigenvalue weighted by Gasteiger charge is -2.15. The van der Waals surface area contributed by atoms with Gasteiger partial charge in [-0.25, -0.2) is 9.69 Å². The van der Waals surface area contributed by atoms with E-state index in [1.165, 1.54) is 43.1 Å². The molecule has 0 radical (unpaired) electrons. The topological polar surface area (TPSA) is 122 Å². The molecule has 0 spiro atoms. The summed E-state index contributed by atoms with van der Waals surface area (Å²) in [7, 11) is 1.28. The molecule has 2 N–H and O–H groups in total. The second-order valence-electron chi connectivity index (χ2n) is 10.8. The number of imide groups is 1. The Labute approximate surface area is 280 Å². The van der Waals surface area contributed by atoms with Crippen LogP contribution in [-0.4, -0.2) is 42.0 Å². The van der Waals surface area contributed by atoms with Crippen LogP contribution in [0.15, 0.2) is 132 Å². The smallest absolute Gasteiger partial charge is 0.337 e. The summed E-state index contributed by atoms with van der Waals surface area (Å²) in [6.07, 6.45) is 1.67. The monoisotopic (exact) mass is 655 g/mol. The van der Waals surface area contributed by atoms with Crippen molar-refractivity contribution in [3.05, 3.63) is 144 Å². The molecular weight excluding hydrogens is 627 g/mol. The molecule has 4 amide bonds. The number of amides is 4. The SMILES string of the molecule is COC(=O)c1ccc(N2C(=O)CC(Sc3ccc(NC(=O)/C(=C/c4cccc5ccccc45)NC(=O)c4ccccc4)cc3)C2=O)cc1. The molecule has 0 aliphatic carbocycles. The summed E-state index contributed by atoms with van der Waals surface area (Å²) in [6, 6.07) is 35.1. The van der Waals surface area contributed by atoms with Gasteiger partial charge in [-0.2, -0.15) is 0 Å². The van der Waals surface area contributed by atoms with Crippen LogP contribution in [0.5, 0.6) is 0 Å². The third kappa shape index (κ3) is 7.03. The highest BCUT2D eigenvalue weighted by molar-refractivity contribution is 8.00. The fourth-order valence-electron chi connectivity index (χ4n) is 5.29. The molecule has 0 saturated carbocycles. The Kier molecular flexibility index (Phi) is 9.45. The van der Waals surface area contributed by atoms with Gasteiger partial charge in [0.1, 0.15) is 5.70 Å². The fourth-order valence-corrected chi connectivity index (χ4v) is 6.34. The van der Waals surface area contributed by atoms with Crippen molar-refractivity contribution < 1.29 is 28.7 Å². The van der Waals surface area contributed by atoms with Crippen LogP contribution in [0.1, 0.15) is 32.7 Å². The van der Waals surface area contributed by atoms with Crippen LogP contribution in [0.4, 0.5) is 11.4 Å². The number of carbonyl (C=O) groups is 5. The lowest BCUT2D eigenvalue weighted by Crippen LogP contribution is -2.31. The Balaban J connectivity index is 1.17. The molecule has 1 atom stereocenters. The molecule has 6 rings (SSSR count). The molecule has 0 bridgehead atoms. The number of esters is 1. The maximum absolute atomic E-state index is 13.6. The minimum atomic E-state index is -0.637. The fraction of sp³-hybridized carbons (Fsp3) is 0.0789. The van der Waals surface area contributed by atoms with E-state index in [-0.39, 0.29) is 23.9 Å². The van der Waals surface area contributed by atoms with Crippen LogP contribution in [0.25, 0.3) is 16.8 Å². The van der Waals surface area contributed by atoms with Crippen molar-refractivity contribution in [1.29, 1.82) is 0 Å². The van der Waals surface area contributed by atoms with E-state index in [1.54, 1.807) is 60.7 Å². The minimum absolute atomic E-state index is 0.0180. The Morgan fingerprint density at radius 3 is 2.21 bits per heavy atom. The van der Waals surface area contributed by atoms with Gasteiger partial charge in [-0.15, -0.1) is 11.8 Å². The molecule has 238 valence electrons. The number of rotatable bonds is 9. The highest BCUT2D eigenvalue weighted by atomic mass is 32.2. The zero-order valence-electron chi connectivity index (χ0n) is 25.7. The molecule has 9 nitrogen and oxygen atoms in total. The van der Waals surface area contributed by atoms with Crippen molar-refractivity contribution in [3.8, 4) is 0 Å². The number of hydrogen-bond donors (Lipinski definition) is 2. The lowest BCUT2D eigenvalue weighted by atomic mass is 10.0. The summed E-state index contributed by atoms with van der Waals surface area (Å²) in [4.78, 5) is 66.3. The summed E-state index contributed by atoms with van der Waals surface area (Å²) in [5.41, 5.74) is 2.41. The second kappa shape index (κ2) is 14.2. The Morgan fingerprint density at radius 1 is 0.792 bits per heavy atom. The average molecular weight is 656 g/mol. The van der Waals surface area contributed by atoms with Crippen LogP contribution in [0.2, 0.25) is 0 Å². The molecule has 1 unspecified atom stereocenters. The van der Waals surface area contributed by atoms with Gasteiger partial charge < -0.3 is 15.4 Å². The molecule has 5 aromatic carbocycles. The number of carbonyl (C=O) groups excluding carboxylic acids is 5. The second-order valence-corrected chi connectivity index (χ2v) is 12.1. The minimum Gasteiger partial charge on any atom is -0.465 e. The third-order valence-corrected chi connectivity index (χ3v) is 8.89. The van der Waals surface area contributed by atoms with E-state index < -0.39 is 23.0 Å². The quantitative estimate of drug-likeness (QED) is 0.106. The summed E-state index contributed by atoms with van der Waals surface area (Å²) in [5, 5.41) is 6.92. The third-order valence-electron chi connectivity index (χ3n) is 7.69. The molecular formula is C38H29N3O6S. The number of anilines is 2. The van der Waals surface area contributed by atoms with Gasteiger partial charge in [0.25, 0.3) is 11.8 Å². The van der Waals surface area contributed by atoms with Crippen LogP contribution in [0, 0.1) is 0 Å². The van der Waals surface area contributed by atoms with Crippen LogP contribution >= 0.6 is 11.8 Å². The van der Waals surface area contributed by atoms with Gasteiger partial charge in [0.2, 0.25) is 11.8 Å². The number of fused-ring (bicyclic) bond motifs is 1. The lowest BCUT2D eigenvalue weighted by molar-refractivity contribution is -0.121. The van der Waals surface area contributed by atoms with Crippen molar-refractivity contribution in [2.45, 2.75) is 16.6 Å². The van der Waals surface area contributed by atoms with Crippen molar-refractivity contribution in [3.63, 3.8) is 0 Å². The van der Waals surface area contributed by atoms with Crippen LogP contribution in [0.3, 0.4) is 0 Å². The first kappa shape index (κ1) is 32.0. The van der Waals surface area contributed by atoms with E-state index in [0.717, 1.165) is 26.1 Å². The van der Waals surface area contributed by atoms with Crippen molar-refractivity contribution in [1.82, 2.24) is 5.32 Å². The summed E-state index contributed by atoms with van der Waals surface area (Å²) in [5.74, 6) is -2.14. The van der Waals surface area contributed by atoms with Crippen LogP contribution in [-0.2, 0) is 19.1 Å². The van der Waals surface area contributed by atoms with Gasteiger partial charge in [-0.05, 0) is 83.1 Å². The first-order valence-corrected chi connectivity index (χ1v) is 15.9. The Hall–Kier alpha value is -6.00. The largest absolute Gasteiger partial charge is 0.465 e. The highest BCUT2D eigenvalue weighted by Crippen LogP contribution is 2.34. The average Bonchev–Trinajstić information content (AvgIpc) is 3.40. The van der Waals surface area contributed by atoms with Gasteiger partial charge in [-0.1, -0.05) is 60.7 Å². The zero-order chi connectivity index (χ0) is 33.6. The molecule has 1 saturated heterocycles. The normalized spacial score (nSPS) is 14.6. The zero-order valence-corrected chi connectivity index (χ0v) is 26.5. The molecule has 1 fully saturated rings. The van der Waals surface area contributed by atoms with Gasteiger partial charge in [0.05, 0.1) is 23.6 Å². The number of nitrogens with zero attached hydrogens (tertiary/aromatic N) is 1. The van der Waals surface area contributed by atoms with E-state index in [4.69, 9.17) is 4.74 Å². The van der Waals surface area contributed by atoms with Crippen molar-refractivity contribution in [2.24, 2.45) is 0 Å². The van der Waals surface area contributed by atoms with E-state index in [9.17, 15) is 24.0 Å². The maximum Gasteiger partial charge on any atom is 0.337 e. The Morgan fingerprint density at radius 2 is 1.48 bits per heavy atom. The first-order chi connectivity index (χ1) is 23.3. The standard InChI is InChI=1S/C38H29N3O6S/c1-47-38(46)26-14-18-29(19-15-26)41-34(42)23-33(37(41)45)48-30-20-16-28(17-21-30)39-36(44)32(40-35(43)25-9-3-2-4-10-25)22-27-12-7-11-24-8-5-6-13-31(24)27/h2-22,33H,23H2,1H3,(H,39,44)(H,40,43)/b32-22-. The molecule has 0 aromatic heterocycles. The molecule has 1 aliphatic heterocycles. The van der Waals surface area contributed by atoms with Gasteiger partial charge in [0.15, 0.2) is 0 Å². The molecule has 1 heterocycles. The van der Waals surface area contributed by atoms with Gasteiger partial charge in [0, 0.05) is 22.6 Å². The Bertz CT molecular complexity index is 2060. The predicted octanol–water partition coefficient (Wildman–Crippen LogP) is 6.46. The molecule has 48 heavy (non-hydrogen) atoms. The van der Waals surface area contributed by atoms with E-state index in [0.29, 0.717) is 22.5 Å². The number of methoxy groups -OCH3 is 1. The molecule has 10 heteroatoms. The van der Waals surface area contributed by atoms with E-state index in [1.807, 2.05) is 42.5 Å². The highest BCUT2D eigenvalue weighted by Gasteiger charge is 2.40. The summed E-state index contributed by atoms with van der Waals surface area (Å²) in [6.45, 7) is 0. The number of benzene rings is 5. The van der Waals surface area contributed by atoms with Crippen LogP contribution < -0.4 is 15.5 Å². The van der Waals surface area contributed by atoms with Crippen molar-refractivity contribution >= 4 is 69.6 Å². The molecule has 1 aliphatic rings. The predicted molar refractivity (Wildman–Crippen MR) is 185 cm³/mol. The first-order valence-electron chi connectivity index (χ1n) is 15.0. The van der Waals surface area contributed by atoms with Gasteiger partial charge >= 0.3 is 5.97 Å². The number of nitrogens with one attached hydrogen (secondary N) is 2. The van der Waals surface area contributed by atoms with E-state index in [2.05, 4.69) is 10.6 Å². The summed E-state index contributed by atoms with van der Waals surface area (Å²) < 4.78 is 4.71. The molecule has 5 aromatic rings. The number of hydrogen-bond acceptors (Lipinski definition) is 7. The number of ether oxygens (including phenoxy) is 1. The summed E-state index contributed by atoms with van der Waals surface area (Å²) >= 11 is 1.25. The van der Waals surface area contributed by atoms with Crippen molar-refractivity contribution in [2.75, 3.05) is 17.3 Å². The van der Waals surface area contributed by atoms with E-state index >= 15 is 0 Å². The number of thioether (sulfide) groups is 1.